The molecule has 3 aromatic carbocycles. The first-order valence-corrected chi connectivity index (χ1v) is 12.7. The van der Waals surface area contributed by atoms with Crippen molar-refractivity contribution in [2.24, 2.45) is 0 Å². The molecule has 1 atom stereocenters. The van der Waals surface area contributed by atoms with Crippen LogP contribution >= 0.6 is 46.4 Å². The molecule has 1 N–H and O–H groups in total. The number of amides is 2. The summed E-state index contributed by atoms with van der Waals surface area (Å²) in [5.41, 5.74) is 2.52. The Kier molecular flexibility index (Phi) is 7.83. The van der Waals surface area contributed by atoms with Gasteiger partial charge >= 0.3 is 0 Å². The van der Waals surface area contributed by atoms with Gasteiger partial charge in [-0.15, -0.1) is 0 Å². The van der Waals surface area contributed by atoms with Crippen LogP contribution in [0.1, 0.15) is 29.3 Å². The van der Waals surface area contributed by atoms with E-state index in [-0.39, 0.29) is 35.7 Å². The van der Waals surface area contributed by atoms with Crippen LogP contribution in [0.25, 0.3) is 0 Å². The second kappa shape index (κ2) is 10.8. The number of hydrogen-bond acceptors (Lipinski definition) is 4. The molecule has 1 aliphatic rings. The summed E-state index contributed by atoms with van der Waals surface area (Å²) in [7, 11) is 0. The number of nitrogens with zero attached hydrogens (tertiary/aromatic N) is 2. The molecule has 1 saturated heterocycles. The van der Waals surface area contributed by atoms with E-state index in [0.29, 0.717) is 22.0 Å². The fourth-order valence-corrected chi connectivity index (χ4v) is 4.77. The molecule has 3 aromatic rings. The Labute approximate surface area is 227 Å². The Bertz CT molecular complexity index is 1300. The molecule has 1 fully saturated rings. The Morgan fingerprint density at radius 1 is 1.03 bits per heavy atom. The van der Waals surface area contributed by atoms with E-state index in [1.165, 1.54) is 11.8 Å². The predicted molar refractivity (Wildman–Crippen MR) is 150 cm³/mol. The van der Waals surface area contributed by atoms with Crippen LogP contribution in [0.2, 0.25) is 5.02 Å². The Morgan fingerprint density at radius 3 is 2.31 bits per heavy atom. The molecule has 178 valence electrons. The van der Waals surface area contributed by atoms with Crippen molar-refractivity contribution in [1.29, 1.82) is 0 Å². The van der Waals surface area contributed by atoms with E-state index >= 15 is 0 Å². The number of hydrogen-bond donors (Lipinski definition) is 1. The maximum atomic E-state index is 13.6. The SMILES string of the molecule is CC(=O)c1ccc(N2C(=O)[C@H](CC(=O)Nc3ccc(I)cc3)N(Cc3ccccc3Cl)C2=S)cc1. The molecule has 0 aliphatic carbocycles. The maximum Gasteiger partial charge on any atom is 0.256 e. The van der Waals surface area contributed by atoms with Crippen LogP contribution in [0.4, 0.5) is 11.4 Å². The lowest BCUT2D eigenvalue weighted by atomic mass is 10.1. The molecule has 35 heavy (non-hydrogen) atoms. The molecular weight excluding hydrogens is 597 g/mol. The number of carbonyl (C=O) groups excluding carboxylic acids is 3. The summed E-state index contributed by atoms with van der Waals surface area (Å²) >= 11 is 14.3. The highest BCUT2D eigenvalue weighted by molar-refractivity contribution is 14.1. The monoisotopic (exact) mass is 617 g/mol. The molecule has 4 rings (SSSR count). The van der Waals surface area contributed by atoms with Crippen LogP contribution in [0.15, 0.2) is 72.8 Å². The van der Waals surface area contributed by atoms with Crippen molar-refractivity contribution in [2.75, 3.05) is 10.2 Å². The lowest BCUT2D eigenvalue weighted by Gasteiger charge is -2.24. The van der Waals surface area contributed by atoms with Crippen molar-refractivity contribution >= 4 is 80.5 Å². The van der Waals surface area contributed by atoms with Gasteiger partial charge in [-0.25, -0.2) is 0 Å². The third kappa shape index (κ3) is 5.71. The first kappa shape index (κ1) is 25.3. The van der Waals surface area contributed by atoms with E-state index in [9.17, 15) is 14.4 Å². The van der Waals surface area contributed by atoms with Crippen LogP contribution < -0.4 is 10.2 Å². The van der Waals surface area contributed by atoms with Crippen molar-refractivity contribution in [3.63, 3.8) is 0 Å². The van der Waals surface area contributed by atoms with E-state index in [0.717, 1.165) is 9.13 Å². The Morgan fingerprint density at radius 2 is 1.69 bits per heavy atom. The largest absolute Gasteiger partial charge is 0.332 e. The van der Waals surface area contributed by atoms with Crippen molar-refractivity contribution < 1.29 is 14.4 Å². The summed E-state index contributed by atoms with van der Waals surface area (Å²) in [6.07, 6.45) is -0.0859. The number of thiocarbonyl (C=S) groups is 1. The number of ketones is 1. The second-order valence-electron chi connectivity index (χ2n) is 8.05. The zero-order valence-corrected chi connectivity index (χ0v) is 22.4. The molecule has 1 heterocycles. The van der Waals surface area contributed by atoms with Crippen molar-refractivity contribution in [2.45, 2.75) is 25.9 Å². The normalized spacial score (nSPS) is 15.5. The summed E-state index contributed by atoms with van der Waals surface area (Å²) in [5.74, 6) is -0.682. The number of benzene rings is 3. The van der Waals surface area contributed by atoms with Crippen LogP contribution in [-0.4, -0.2) is 33.7 Å². The van der Waals surface area contributed by atoms with E-state index in [4.69, 9.17) is 23.8 Å². The minimum absolute atomic E-state index is 0.0719. The first-order valence-electron chi connectivity index (χ1n) is 10.8. The van der Waals surface area contributed by atoms with E-state index in [1.807, 2.05) is 42.5 Å². The molecule has 6 nitrogen and oxygen atoms in total. The van der Waals surface area contributed by atoms with Crippen LogP contribution in [0.3, 0.4) is 0 Å². The molecule has 0 spiro atoms. The highest BCUT2D eigenvalue weighted by Gasteiger charge is 2.44. The fourth-order valence-electron chi connectivity index (χ4n) is 3.83. The summed E-state index contributed by atoms with van der Waals surface area (Å²) in [4.78, 5) is 41.3. The maximum absolute atomic E-state index is 13.6. The lowest BCUT2D eigenvalue weighted by Crippen LogP contribution is -2.37. The van der Waals surface area contributed by atoms with Gasteiger partial charge in [0, 0.05) is 26.4 Å². The first-order chi connectivity index (χ1) is 16.7. The van der Waals surface area contributed by atoms with Crippen molar-refractivity contribution in [3.8, 4) is 0 Å². The molecule has 1 aliphatic heterocycles. The van der Waals surface area contributed by atoms with Gasteiger partial charge in [0.15, 0.2) is 10.9 Å². The third-order valence-electron chi connectivity index (χ3n) is 5.66. The van der Waals surface area contributed by atoms with Gasteiger partial charge in [0.2, 0.25) is 5.91 Å². The highest BCUT2D eigenvalue weighted by Crippen LogP contribution is 2.30. The second-order valence-corrected chi connectivity index (χ2v) is 10.1. The molecule has 0 radical (unpaired) electrons. The van der Waals surface area contributed by atoms with E-state index < -0.39 is 6.04 Å². The summed E-state index contributed by atoms with van der Waals surface area (Å²) < 4.78 is 1.05. The summed E-state index contributed by atoms with van der Waals surface area (Å²) in [6, 6.07) is 20.6. The van der Waals surface area contributed by atoms with Crippen molar-refractivity contribution in [1.82, 2.24) is 4.90 Å². The van der Waals surface area contributed by atoms with Gasteiger partial charge in [-0.05, 0) is 102 Å². The quantitative estimate of drug-likeness (QED) is 0.210. The topological polar surface area (TPSA) is 69.7 Å². The van der Waals surface area contributed by atoms with Gasteiger partial charge in [0.25, 0.3) is 5.91 Å². The molecule has 0 bridgehead atoms. The molecule has 0 saturated carbocycles. The van der Waals surface area contributed by atoms with Crippen LogP contribution in [0, 0.1) is 3.57 Å². The number of Topliss-reactive ketones (excluding diaryl/α,β-unsaturated/α-hetero) is 1. The van der Waals surface area contributed by atoms with E-state index in [2.05, 4.69) is 27.9 Å². The molecule has 9 heteroatoms. The average Bonchev–Trinajstić information content (AvgIpc) is 3.06. The minimum Gasteiger partial charge on any atom is -0.332 e. The minimum atomic E-state index is -0.810. The Hall–Kier alpha value is -2.82. The molecule has 2 amide bonds. The predicted octanol–water partition coefficient (Wildman–Crippen LogP) is 5.68. The highest BCUT2D eigenvalue weighted by atomic mass is 127. The number of nitrogens with one attached hydrogen (secondary N) is 1. The number of rotatable bonds is 7. The zero-order chi connectivity index (χ0) is 25.1. The van der Waals surface area contributed by atoms with Crippen molar-refractivity contribution in [3.05, 3.63) is 92.5 Å². The third-order valence-corrected chi connectivity index (χ3v) is 7.16. The van der Waals surface area contributed by atoms with E-state index in [1.54, 1.807) is 35.2 Å². The van der Waals surface area contributed by atoms with Gasteiger partial charge in [-0.3, -0.25) is 19.3 Å². The molecule has 0 aromatic heterocycles. The van der Waals surface area contributed by atoms with Gasteiger partial charge in [0.05, 0.1) is 12.1 Å². The van der Waals surface area contributed by atoms with Gasteiger partial charge in [0.1, 0.15) is 6.04 Å². The van der Waals surface area contributed by atoms with Gasteiger partial charge < -0.3 is 10.2 Å². The number of carbonyl (C=O) groups is 3. The van der Waals surface area contributed by atoms with Crippen LogP contribution in [0.5, 0.6) is 0 Å². The lowest BCUT2D eigenvalue weighted by molar-refractivity contribution is -0.124. The number of halogens is 2. The van der Waals surface area contributed by atoms with Gasteiger partial charge in [-0.2, -0.15) is 0 Å². The van der Waals surface area contributed by atoms with Gasteiger partial charge in [-0.1, -0.05) is 29.8 Å². The molecular formula is C26H21ClIN3O3S. The summed E-state index contributed by atoms with van der Waals surface area (Å²) in [5, 5.41) is 3.68. The Balaban J connectivity index is 1.62. The average molecular weight is 618 g/mol. The zero-order valence-electron chi connectivity index (χ0n) is 18.7. The molecule has 0 unspecified atom stereocenters. The fraction of sp³-hybridized carbons (Fsp3) is 0.154. The standard InChI is InChI=1S/C26H21ClIN3O3S/c1-16(32)17-6-12-21(13-7-17)31-25(34)23(14-24(33)29-20-10-8-19(28)9-11-20)30(26(31)35)15-18-4-2-3-5-22(18)27/h2-13,23H,14-15H2,1H3,(H,29,33)/t23-/m0/s1. The number of anilines is 2. The smallest absolute Gasteiger partial charge is 0.256 e. The van der Waals surface area contributed by atoms with Crippen LogP contribution in [-0.2, 0) is 16.1 Å². The summed E-state index contributed by atoms with van der Waals surface area (Å²) in [6.45, 7) is 1.75.